The maximum absolute atomic E-state index is 2.39. The summed E-state index contributed by atoms with van der Waals surface area (Å²) in [6, 6.07) is 92.6. The minimum absolute atomic E-state index is 1.09. The Labute approximate surface area is 373 Å². The lowest BCUT2D eigenvalue weighted by Gasteiger charge is -2.26. The first kappa shape index (κ1) is 37.3. The summed E-state index contributed by atoms with van der Waals surface area (Å²) >= 11 is 0. The van der Waals surface area contributed by atoms with E-state index in [0.29, 0.717) is 0 Å². The average molecular weight is 815 g/mol. The van der Waals surface area contributed by atoms with Crippen molar-refractivity contribution in [1.82, 2.24) is 4.57 Å². The molecule has 1 aromatic heterocycles. The lowest BCUT2D eigenvalue weighted by Crippen LogP contribution is -2.10. The molecule has 12 rings (SSSR count). The molecule has 0 fully saturated rings. The van der Waals surface area contributed by atoms with Crippen LogP contribution in [0.3, 0.4) is 0 Å². The second kappa shape index (κ2) is 15.8. The number of hydrogen-bond donors (Lipinski definition) is 0. The number of nitrogens with zero attached hydrogens (tertiary/aromatic N) is 2. The van der Waals surface area contributed by atoms with Crippen LogP contribution in [0.1, 0.15) is 0 Å². The number of rotatable bonds is 8. The average Bonchev–Trinajstić information content (AvgIpc) is 3.72. The maximum Gasteiger partial charge on any atom is 0.0547 e. The first-order chi connectivity index (χ1) is 31.7. The van der Waals surface area contributed by atoms with Gasteiger partial charge in [-0.15, -0.1) is 0 Å². The minimum Gasteiger partial charge on any atom is -0.310 e. The van der Waals surface area contributed by atoms with E-state index >= 15 is 0 Å². The summed E-state index contributed by atoms with van der Waals surface area (Å²) < 4.78 is 2.39. The van der Waals surface area contributed by atoms with Crippen LogP contribution in [0.2, 0.25) is 0 Å². The first-order valence-corrected chi connectivity index (χ1v) is 22.0. The highest BCUT2D eigenvalue weighted by atomic mass is 15.1. The molecule has 1 heterocycles. The van der Waals surface area contributed by atoms with E-state index in [0.717, 1.165) is 22.7 Å². The second-order valence-electron chi connectivity index (χ2n) is 16.5. The summed E-state index contributed by atoms with van der Waals surface area (Å²) in [7, 11) is 0. The normalized spacial score (nSPS) is 11.4. The molecule has 0 atom stereocenters. The van der Waals surface area contributed by atoms with Crippen LogP contribution in [-0.2, 0) is 0 Å². The SMILES string of the molecule is c1ccc(-c2ccc(-c3ccc(N(c4ccc(-c5cc6ccccc6c6ccccc56)cc4)c4cccc(-c5cccc6c5c5ccccc5n6-c5ccccc5)c4)cc3)cc2)cc1. The van der Waals surface area contributed by atoms with Crippen molar-refractivity contribution in [1.29, 1.82) is 0 Å². The molecule has 300 valence electrons. The van der Waals surface area contributed by atoms with E-state index in [9.17, 15) is 0 Å². The fourth-order valence-electron chi connectivity index (χ4n) is 9.75. The summed E-state index contributed by atoms with van der Waals surface area (Å²) in [5, 5.41) is 7.54. The molecule has 12 aromatic rings. The molecular weight excluding hydrogens is 773 g/mol. The number of aromatic nitrogens is 1. The molecule has 2 nitrogen and oxygen atoms in total. The van der Waals surface area contributed by atoms with Crippen molar-refractivity contribution < 1.29 is 0 Å². The molecule has 0 aliphatic heterocycles. The molecule has 0 N–H and O–H groups in total. The molecule has 0 saturated heterocycles. The monoisotopic (exact) mass is 814 g/mol. The van der Waals surface area contributed by atoms with Crippen molar-refractivity contribution >= 4 is 60.4 Å². The molecule has 0 radical (unpaired) electrons. The Bertz CT molecular complexity index is 3620. The molecule has 0 aliphatic carbocycles. The van der Waals surface area contributed by atoms with Crippen molar-refractivity contribution in [3.8, 4) is 50.2 Å². The number of anilines is 3. The molecular formula is C62H42N2. The summed E-state index contributed by atoms with van der Waals surface area (Å²) in [6.45, 7) is 0. The molecule has 64 heavy (non-hydrogen) atoms. The molecule has 2 heteroatoms. The molecule has 11 aromatic carbocycles. The highest BCUT2D eigenvalue weighted by Gasteiger charge is 2.19. The number of para-hydroxylation sites is 2. The van der Waals surface area contributed by atoms with Gasteiger partial charge in [-0.25, -0.2) is 0 Å². The zero-order valence-electron chi connectivity index (χ0n) is 35.1. The predicted molar refractivity (Wildman–Crippen MR) is 272 cm³/mol. The van der Waals surface area contributed by atoms with Gasteiger partial charge in [-0.2, -0.15) is 0 Å². The van der Waals surface area contributed by atoms with Gasteiger partial charge in [0, 0.05) is 33.5 Å². The van der Waals surface area contributed by atoms with Crippen LogP contribution >= 0.6 is 0 Å². The third-order valence-electron chi connectivity index (χ3n) is 12.8. The Morgan fingerprint density at radius 3 is 1.47 bits per heavy atom. The van der Waals surface area contributed by atoms with Gasteiger partial charge in [0.05, 0.1) is 11.0 Å². The van der Waals surface area contributed by atoms with Gasteiger partial charge in [-0.05, 0) is 133 Å². The summed E-state index contributed by atoms with van der Waals surface area (Å²) in [5.74, 6) is 0. The molecule has 0 bridgehead atoms. The van der Waals surface area contributed by atoms with Crippen LogP contribution in [0, 0.1) is 0 Å². The largest absolute Gasteiger partial charge is 0.310 e. The van der Waals surface area contributed by atoms with E-state index < -0.39 is 0 Å². The van der Waals surface area contributed by atoms with Crippen LogP contribution in [-0.4, -0.2) is 4.57 Å². The third-order valence-corrected chi connectivity index (χ3v) is 12.8. The molecule has 0 aliphatic rings. The van der Waals surface area contributed by atoms with Crippen molar-refractivity contribution in [2.45, 2.75) is 0 Å². The third kappa shape index (κ3) is 6.52. The van der Waals surface area contributed by atoms with E-state index in [-0.39, 0.29) is 0 Å². The highest BCUT2D eigenvalue weighted by Crippen LogP contribution is 2.43. The Hall–Kier alpha value is -8.46. The smallest absolute Gasteiger partial charge is 0.0547 e. The summed E-state index contributed by atoms with van der Waals surface area (Å²) in [5.41, 5.74) is 16.4. The Kier molecular flexibility index (Phi) is 9.20. The van der Waals surface area contributed by atoms with Gasteiger partial charge in [0.2, 0.25) is 0 Å². The van der Waals surface area contributed by atoms with Crippen molar-refractivity contribution in [3.05, 3.63) is 255 Å². The molecule has 0 saturated carbocycles. The quantitative estimate of drug-likeness (QED) is 0.139. The zero-order chi connectivity index (χ0) is 42.4. The Balaban J connectivity index is 0.980. The van der Waals surface area contributed by atoms with Crippen LogP contribution in [0.4, 0.5) is 17.1 Å². The number of fused-ring (bicyclic) bond motifs is 6. The van der Waals surface area contributed by atoms with Gasteiger partial charge in [-0.3, -0.25) is 0 Å². The van der Waals surface area contributed by atoms with E-state index in [1.807, 2.05) is 0 Å². The fourth-order valence-corrected chi connectivity index (χ4v) is 9.75. The molecule has 0 spiro atoms. The van der Waals surface area contributed by atoms with E-state index in [1.165, 1.54) is 87.9 Å². The van der Waals surface area contributed by atoms with Crippen LogP contribution in [0.5, 0.6) is 0 Å². The highest BCUT2D eigenvalue weighted by molar-refractivity contribution is 6.16. The molecule has 0 amide bonds. The minimum atomic E-state index is 1.09. The Morgan fingerprint density at radius 1 is 0.266 bits per heavy atom. The van der Waals surface area contributed by atoms with Gasteiger partial charge in [0.25, 0.3) is 0 Å². The van der Waals surface area contributed by atoms with E-state index in [2.05, 4.69) is 264 Å². The van der Waals surface area contributed by atoms with Crippen LogP contribution < -0.4 is 4.90 Å². The number of hydrogen-bond acceptors (Lipinski definition) is 1. The van der Waals surface area contributed by atoms with Gasteiger partial charge >= 0.3 is 0 Å². The van der Waals surface area contributed by atoms with Crippen molar-refractivity contribution in [2.24, 2.45) is 0 Å². The van der Waals surface area contributed by atoms with Crippen LogP contribution in [0.15, 0.2) is 255 Å². The van der Waals surface area contributed by atoms with Gasteiger partial charge < -0.3 is 9.47 Å². The van der Waals surface area contributed by atoms with Gasteiger partial charge in [0.15, 0.2) is 0 Å². The number of benzene rings is 11. The summed E-state index contributed by atoms with van der Waals surface area (Å²) in [4.78, 5) is 2.39. The van der Waals surface area contributed by atoms with E-state index in [4.69, 9.17) is 0 Å². The summed E-state index contributed by atoms with van der Waals surface area (Å²) in [6.07, 6.45) is 0. The fraction of sp³-hybridized carbons (Fsp3) is 0. The lowest BCUT2D eigenvalue weighted by molar-refractivity contribution is 1.18. The van der Waals surface area contributed by atoms with Gasteiger partial charge in [-0.1, -0.05) is 188 Å². The standard InChI is InChI=1S/C62H42N2/c1-3-15-43(16-4-1)44-29-31-45(32-30-44)46-33-37-51(38-34-46)63(52-39-35-47(36-40-52)59-42-49-17-7-8-22-54(49)56-23-9-10-24-57(56)59)53-21-13-18-48(41-53)55-26-14-28-61-62(55)58-25-11-12-27-60(58)64(61)50-19-5-2-6-20-50/h1-42H. The maximum atomic E-state index is 2.39. The second-order valence-corrected chi connectivity index (χ2v) is 16.5. The van der Waals surface area contributed by atoms with Crippen LogP contribution in [0.25, 0.3) is 93.5 Å². The predicted octanol–water partition coefficient (Wildman–Crippen LogP) is 17.2. The van der Waals surface area contributed by atoms with Crippen molar-refractivity contribution in [3.63, 3.8) is 0 Å². The molecule has 0 unspecified atom stereocenters. The zero-order valence-corrected chi connectivity index (χ0v) is 35.1. The van der Waals surface area contributed by atoms with Gasteiger partial charge in [0.1, 0.15) is 0 Å². The lowest BCUT2D eigenvalue weighted by atomic mass is 9.93. The first-order valence-electron chi connectivity index (χ1n) is 22.0. The van der Waals surface area contributed by atoms with E-state index in [1.54, 1.807) is 0 Å². The topological polar surface area (TPSA) is 8.17 Å². The van der Waals surface area contributed by atoms with Crippen molar-refractivity contribution in [2.75, 3.05) is 4.90 Å². The Morgan fingerprint density at radius 2 is 0.766 bits per heavy atom.